The average molecular weight is 555 g/mol. The molecule has 2 aromatic rings. The van der Waals surface area contributed by atoms with Crippen LogP contribution in [-0.2, 0) is 27.4 Å². The molecule has 206 valence electrons. The Morgan fingerprint density at radius 2 is 2.03 bits per heavy atom. The van der Waals surface area contributed by atoms with E-state index in [-0.39, 0.29) is 36.7 Å². The molecule has 0 aromatic heterocycles. The number of carbonyl (C=O) groups is 4. The number of carbonyl (C=O) groups excluding carboxylic acids is 4. The number of halogens is 1. The van der Waals surface area contributed by atoms with Crippen molar-refractivity contribution in [2.75, 3.05) is 32.1 Å². The summed E-state index contributed by atoms with van der Waals surface area (Å²) >= 11 is 6.41. The standard InChI is InChI=1S/C28H31ClN4O6/c1-16-22(29)10-19(11-25(16)39-26-15-38-8-7-32(26)2)31-28(37)30-13-17-3-4-18-14-33(27(36)21(18)9-17)23-6-5-20(34)12-24(23)35/h3-4,9-11,23,26H,5-8,12-15H2,1-2H3,(H2,30,31,37). The van der Waals surface area contributed by atoms with Crippen molar-refractivity contribution in [3.8, 4) is 5.75 Å². The van der Waals surface area contributed by atoms with E-state index in [9.17, 15) is 19.2 Å². The molecule has 10 nitrogen and oxygen atoms in total. The minimum absolute atomic E-state index is 0.0740. The Labute approximate surface area is 231 Å². The van der Waals surface area contributed by atoms with Crippen molar-refractivity contribution < 1.29 is 28.7 Å². The van der Waals surface area contributed by atoms with Crippen molar-refractivity contribution in [2.24, 2.45) is 0 Å². The minimum atomic E-state index is -0.559. The molecule has 2 atom stereocenters. The van der Waals surface area contributed by atoms with Gasteiger partial charge in [0, 0.05) is 54.0 Å². The van der Waals surface area contributed by atoms with Gasteiger partial charge in [-0.15, -0.1) is 0 Å². The minimum Gasteiger partial charge on any atom is -0.472 e. The van der Waals surface area contributed by atoms with Gasteiger partial charge in [0.2, 0.25) is 0 Å². The molecule has 0 radical (unpaired) electrons. The molecule has 0 bridgehead atoms. The molecule has 2 aromatic carbocycles. The van der Waals surface area contributed by atoms with E-state index in [2.05, 4.69) is 15.5 Å². The fourth-order valence-electron chi connectivity index (χ4n) is 5.06. The fraction of sp³-hybridized carbons (Fsp3) is 0.429. The number of Topliss-reactive ketones (excluding diaryl/α,β-unsaturated/α-hetero) is 2. The van der Waals surface area contributed by atoms with Crippen LogP contribution >= 0.6 is 11.6 Å². The number of fused-ring (bicyclic) bond motifs is 1. The number of rotatable bonds is 6. The number of benzene rings is 2. The molecule has 0 spiro atoms. The third-order valence-electron chi connectivity index (χ3n) is 7.43. The highest BCUT2D eigenvalue weighted by Crippen LogP contribution is 2.32. The lowest BCUT2D eigenvalue weighted by molar-refractivity contribution is -0.133. The molecule has 1 saturated carbocycles. The molecule has 2 fully saturated rings. The molecular formula is C28H31ClN4O6. The second-order valence-electron chi connectivity index (χ2n) is 10.2. The molecule has 2 heterocycles. The quantitative estimate of drug-likeness (QED) is 0.526. The summed E-state index contributed by atoms with van der Waals surface area (Å²) in [6.07, 6.45) is 0.315. The Morgan fingerprint density at radius 3 is 2.79 bits per heavy atom. The highest BCUT2D eigenvalue weighted by atomic mass is 35.5. The van der Waals surface area contributed by atoms with Crippen molar-refractivity contribution in [3.63, 3.8) is 0 Å². The lowest BCUT2D eigenvalue weighted by Crippen LogP contribution is -2.46. The summed E-state index contributed by atoms with van der Waals surface area (Å²) < 4.78 is 11.6. The largest absolute Gasteiger partial charge is 0.472 e. The lowest BCUT2D eigenvalue weighted by atomic mass is 9.92. The van der Waals surface area contributed by atoms with Gasteiger partial charge in [-0.1, -0.05) is 23.7 Å². The number of hydrogen-bond donors (Lipinski definition) is 2. The van der Waals surface area contributed by atoms with Crippen molar-refractivity contribution >= 4 is 40.8 Å². The van der Waals surface area contributed by atoms with Gasteiger partial charge in [-0.2, -0.15) is 0 Å². The molecule has 2 N–H and O–H groups in total. The second-order valence-corrected chi connectivity index (χ2v) is 10.6. The first-order valence-electron chi connectivity index (χ1n) is 13.0. The zero-order valence-corrected chi connectivity index (χ0v) is 22.7. The number of likely N-dealkylation sites (N-methyl/N-ethyl adjacent to an activating group) is 1. The summed E-state index contributed by atoms with van der Waals surface area (Å²) in [5, 5.41) is 6.06. The highest BCUT2D eigenvalue weighted by Gasteiger charge is 2.39. The van der Waals surface area contributed by atoms with Gasteiger partial charge in [0.15, 0.2) is 12.0 Å². The van der Waals surface area contributed by atoms with Gasteiger partial charge >= 0.3 is 6.03 Å². The second kappa shape index (κ2) is 11.3. The van der Waals surface area contributed by atoms with Crippen molar-refractivity contribution in [2.45, 2.75) is 51.5 Å². The molecule has 2 unspecified atom stereocenters. The van der Waals surface area contributed by atoms with Crippen LogP contribution in [0.1, 0.15) is 46.3 Å². The van der Waals surface area contributed by atoms with Crippen LogP contribution in [-0.4, -0.2) is 72.4 Å². The molecule has 3 aliphatic rings. The van der Waals surface area contributed by atoms with Gasteiger partial charge in [0.25, 0.3) is 5.91 Å². The molecule has 1 saturated heterocycles. The molecule has 11 heteroatoms. The first kappa shape index (κ1) is 27.1. The lowest BCUT2D eigenvalue weighted by Gasteiger charge is -2.33. The van der Waals surface area contributed by atoms with Crippen LogP contribution in [0.3, 0.4) is 0 Å². The predicted octanol–water partition coefficient (Wildman–Crippen LogP) is 3.28. The SMILES string of the molecule is Cc1c(Cl)cc(NC(=O)NCc2ccc3c(c2)C(=O)N(C2CCC(=O)CC2=O)C3)cc1OC1COCCN1C. The first-order chi connectivity index (χ1) is 18.7. The Morgan fingerprint density at radius 1 is 1.21 bits per heavy atom. The summed E-state index contributed by atoms with van der Waals surface area (Å²) in [6, 6.07) is 7.82. The van der Waals surface area contributed by atoms with E-state index in [1.807, 2.05) is 26.1 Å². The van der Waals surface area contributed by atoms with E-state index in [4.69, 9.17) is 21.1 Å². The zero-order valence-electron chi connectivity index (χ0n) is 21.9. The maximum Gasteiger partial charge on any atom is 0.319 e. The number of hydrogen-bond acceptors (Lipinski definition) is 7. The van der Waals surface area contributed by atoms with Gasteiger partial charge < -0.3 is 25.0 Å². The predicted molar refractivity (Wildman–Crippen MR) is 144 cm³/mol. The monoisotopic (exact) mass is 554 g/mol. The van der Waals surface area contributed by atoms with Crippen LogP contribution in [0.5, 0.6) is 5.75 Å². The van der Waals surface area contributed by atoms with E-state index >= 15 is 0 Å². The number of urea groups is 1. The van der Waals surface area contributed by atoms with E-state index < -0.39 is 12.1 Å². The summed E-state index contributed by atoms with van der Waals surface area (Å²) in [4.78, 5) is 53.3. The van der Waals surface area contributed by atoms with Crippen LogP contribution in [0.25, 0.3) is 0 Å². The molecule has 5 rings (SSSR count). The van der Waals surface area contributed by atoms with Gasteiger partial charge in [0.05, 0.1) is 25.7 Å². The van der Waals surface area contributed by atoms with E-state index in [0.29, 0.717) is 54.6 Å². The fourth-order valence-corrected chi connectivity index (χ4v) is 5.27. The van der Waals surface area contributed by atoms with Crippen LogP contribution in [0, 0.1) is 6.92 Å². The number of nitrogens with one attached hydrogen (secondary N) is 2. The number of ketones is 2. The normalized spacial score (nSPS) is 21.6. The topological polar surface area (TPSA) is 117 Å². The van der Waals surface area contributed by atoms with Gasteiger partial charge in [0.1, 0.15) is 11.5 Å². The van der Waals surface area contributed by atoms with Crippen molar-refractivity contribution in [3.05, 3.63) is 57.6 Å². The molecular weight excluding hydrogens is 524 g/mol. The Kier molecular flexibility index (Phi) is 7.88. The van der Waals surface area contributed by atoms with Crippen LogP contribution in [0.15, 0.2) is 30.3 Å². The number of anilines is 1. The van der Waals surface area contributed by atoms with Gasteiger partial charge in [-0.3, -0.25) is 19.3 Å². The number of nitrogens with zero attached hydrogens (tertiary/aromatic N) is 2. The van der Waals surface area contributed by atoms with Gasteiger partial charge in [-0.05, 0) is 43.7 Å². The number of amides is 3. The van der Waals surface area contributed by atoms with E-state index in [0.717, 1.165) is 23.2 Å². The Balaban J connectivity index is 1.20. The van der Waals surface area contributed by atoms with Crippen LogP contribution < -0.4 is 15.4 Å². The van der Waals surface area contributed by atoms with Crippen LogP contribution in [0.2, 0.25) is 5.02 Å². The highest BCUT2D eigenvalue weighted by molar-refractivity contribution is 6.32. The first-order valence-corrected chi connectivity index (χ1v) is 13.3. The third kappa shape index (κ3) is 5.93. The van der Waals surface area contributed by atoms with Crippen LogP contribution in [0.4, 0.5) is 10.5 Å². The van der Waals surface area contributed by atoms with E-state index in [1.54, 1.807) is 23.1 Å². The van der Waals surface area contributed by atoms with E-state index in [1.165, 1.54) is 0 Å². The Bertz CT molecular complexity index is 1330. The molecule has 39 heavy (non-hydrogen) atoms. The molecule has 2 aliphatic heterocycles. The van der Waals surface area contributed by atoms with Crippen molar-refractivity contribution in [1.29, 1.82) is 0 Å². The summed E-state index contributed by atoms with van der Waals surface area (Å²) in [6.45, 7) is 4.22. The Hall–Kier alpha value is -3.47. The molecule has 1 aliphatic carbocycles. The number of ether oxygens (including phenoxy) is 2. The maximum absolute atomic E-state index is 13.1. The van der Waals surface area contributed by atoms with Crippen molar-refractivity contribution in [1.82, 2.24) is 15.1 Å². The molecule has 3 amide bonds. The summed E-state index contributed by atoms with van der Waals surface area (Å²) in [5.74, 6) is 0.0625. The average Bonchev–Trinajstić information content (AvgIpc) is 3.22. The summed E-state index contributed by atoms with van der Waals surface area (Å²) in [5.41, 5.74) is 3.33. The smallest absolute Gasteiger partial charge is 0.319 e. The number of morpholine rings is 1. The summed E-state index contributed by atoms with van der Waals surface area (Å²) in [7, 11) is 1.96. The zero-order chi connectivity index (χ0) is 27.7. The maximum atomic E-state index is 13.1. The van der Waals surface area contributed by atoms with Gasteiger partial charge in [-0.25, -0.2) is 4.79 Å². The third-order valence-corrected chi connectivity index (χ3v) is 7.83.